The lowest BCUT2D eigenvalue weighted by Gasteiger charge is -2.33. The SMILES string of the molecule is COC(=O)C1CN(C(=O)CCc2ccc(S(=O)(=O)NCc3ccccc3)cc2)c2ccccc2O1. The molecule has 1 atom stereocenters. The van der Waals surface area contributed by atoms with Crippen molar-refractivity contribution in [2.75, 3.05) is 18.6 Å². The third-order valence-corrected chi connectivity index (χ3v) is 7.13. The highest BCUT2D eigenvalue weighted by Crippen LogP contribution is 2.34. The average Bonchev–Trinajstić information content (AvgIpc) is 2.90. The second-order valence-electron chi connectivity index (χ2n) is 8.06. The number of esters is 1. The Morgan fingerprint density at radius 1 is 0.971 bits per heavy atom. The van der Waals surface area contributed by atoms with E-state index in [1.807, 2.05) is 30.3 Å². The summed E-state index contributed by atoms with van der Waals surface area (Å²) in [4.78, 5) is 26.8. The molecule has 3 aromatic rings. The van der Waals surface area contributed by atoms with Crippen molar-refractivity contribution in [3.63, 3.8) is 0 Å². The highest BCUT2D eigenvalue weighted by Gasteiger charge is 2.34. The summed E-state index contributed by atoms with van der Waals surface area (Å²) in [7, 11) is -2.38. The van der Waals surface area contributed by atoms with Gasteiger partial charge in [0.25, 0.3) is 0 Å². The first-order valence-corrected chi connectivity index (χ1v) is 12.6. The monoisotopic (exact) mass is 494 g/mol. The number of methoxy groups -OCH3 is 1. The average molecular weight is 495 g/mol. The number of anilines is 1. The number of hydrogen-bond acceptors (Lipinski definition) is 6. The van der Waals surface area contributed by atoms with Gasteiger partial charge in [-0.05, 0) is 41.8 Å². The lowest BCUT2D eigenvalue weighted by molar-refractivity contribution is -0.148. The summed E-state index contributed by atoms with van der Waals surface area (Å²) >= 11 is 0. The fraction of sp³-hybridized carbons (Fsp3) is 0.231. The summed E-state index contributed by atoms with van der Waals surface area (Å²) in [5.74, 6) is -0.272. The first kappa shape index (κ1) is 24.4. The van der Waals surface area contributed by atoms with Gasteiger partial charge in [-0.2, -0.15) is 0 Å². The molecule has 3 aromatic carbocycles. The highest BCUT2D eigenvalue weighted by atomic mass is 32.2. The first-order chi connectivity index (χ1) is 16.9. The summed E-state index contributed by atoms with van der Waals surface area (Å²) in [6, 6.07) is 22.8. The maximum atomic E-state index is 13.0. The maximum absolute atomic E-state index is 13.0. The van der Waals surface area contributed by atoms with Crippen LogP contribution in [0.1, 0.15) is 17.5 Å². The number of para-hydroxylation sites is 2. The molecule has 0 bridgehead atoms. The first-order valence-electron chi connectivity index (χ1n) is 11.1. The van der Waals surface area contributed by atoms with Crippen LogP contribution in [0.3, 0.4) is 0 Å². The Hall–Kier alpha value is -3.69. The number of carbonyl (C=O) groups excluding carboxylic acids is 2. The summed E-state index contributed by atoms with van der Waals surface area (Å²) < 4.78 is 38.3. The van der Waals surface area contributed by atoms with E-state index in [-0.39, 0.29) is 30.3 Å². The molecule has 1 unspecified atom stereocenters. The van der Waals surface area contributed by atoms with E-state index in [9.17, 15) is 18.0 Å². The van der Waals surface area contributed by atoms with Gasteiger partial charge in [-0.15, -0.1) is 0 Å². The molecular formula is C26H26N2O6S. The van der Waals surface area contributed by atoms with Crippen LogP contribution in [0.15, 0.2) is 83.8 Å². The number of ether oxygens (including phenoxy) is 2. The van der Waals surface area contributed by atoms with Crippen LogP contribution < -0.4 is 14.4 Å². The molecule has 0 aliphatic carbocycles. The quantitative estimate of drug-likeness (QED) is 0.483. The summed E-state index contributed by atoms with van der Waals surface area (Å²) in [6.07, 6.45) is -0.300. The maximum Gasteiger partial charge on any atom is 0.348 e. The second-order valence-corrected chi connectivity index (χ2v) is 9.82. The molecule has 0 aromatic heterocycles. The van der Waals surface area contributed by atoms with Crippen molar-refractivity contribution < 1.29 is 27.5 Å². The van der Waals surface area contributed by atoms with E-state index >= 15 is 0 Å². The molecule has 1 amide bonds. The molecule has 1 heterocycles. The number of fused-ring (bicyclic) bond motifs is 1. The van der Waals surface area contributed by atoms with Gasteiger partial charge in [0.1, 0.15) is 5.75 Å². The van der Waals surface area contributed by atoms with Gasteiger partial charge in [0.15, 0.2) is 0 Å². The van der Waals surface area contributed by atoms with Crippen molar-refractivity contribution in [2.24, 2.45) is 0 Å². The molecule has 4 rings (SSSR count). The normalized spacial score (nSPS) is 15.1. The molecule has 1 N–H and O–H groups in total. The number of aryl methyl sites for hydroxylation is 1. The van der Waals surface area contributed by atoms with Crippen molar-refractivity contribution in [2.45, 2.75) is 30.4 Å². The number of hydrogen-bond donors (Lipinski definition) is 1. The third-order valence-electron chi connectivity index (χ3n) is 5.71. The Kier molecular flexibility index (Phi) is 7.48. The number of nitrogens with one attached hydrogen (secondary N) is 1. The van der Waals surface area contributed by atoms with Crippen molar-refractivity contribution in [1.29, 1.82) is 0 Å². The minimum absolute atomic E-state index is 0.0623. The molecule has 1 aliphatic rings. The van der Waals surface area contributed by atoms with Crippen LogP contribution in [-0.2, 0) is 37.3 Å². The predicted octanol–water partition coefficient (Wildman–Crippen LogP) is 3.06. The Labute approximate surface area is 204 Å². The van der Waals surface area contributed by atoms with Crippen LogP contribution in [-0.4, -0.2) is 40.1 Å². The van der Waals surface area contributed by atoms with Crippen LogP contribution in [0, 0.1) is 0 Å². The topological polar surface area (TPSA) is 102 Å². The molecule has 0 saturated carbocycles. The van der Waals surface area contributed by atoms with Gasteiger partial charge in [-0.3, -0.25) is 4.79 Å². The van der Waals surface area contributed by atoms with Gasteiger partial charge in [-0.1, -0.05) is 54.6 Å². The van der Waals surface area contributed by atoms with Crippen molar-refractivity contribution in [1.82, 2.24) is 4.72 Å². The minimum atomic E-state index is -3.66. The number of amides is 1. The van der Waals surface area contributed by atoms with Gasteiger partial charge >= 0.3 is 5.97 Å². The van der Waals surface area contributed by atoms with E-state index in [0.29, 0.717) is 17.9 Å². The fourth-order valence-corrected chi connectivity index (χ4v) is 4.82. The molecular weight excluding hydrogens is 468 g/mol. The van der Waals surface area contributed by atoms with Gasteiger partial charge in [0.2, 0.25) is 22.0 Å². The molecule has 1 aliphatic heterocycles. The summed E-state index contributed by atoms with van der Waals surface area (Å²) in [5, 5.41) is 0. The zero-order chi connectivity index (χ0) is 24.8. The number of sulfonamides is 1. The predicted molar refractivity (Wildman–Crippen MR) is 130 cm³/mol. The zero-order valence-corrected chi connectivity index (χ0v) is 20.0. The van der Waals surface area contributed by atoms with E-state index < -0.39 is 22.1 Å². The summed E-state index contributed by atoms with van der Waals surface area (Å²) in [6.45, 7) is 0.264. The van der Waals surface area contributed by atoms with E-state index in [1.165, 1.54) is 24.1 Å². The van der Waals surface area contributed by atoms with Crippen LogP contribution in [0.2, 0.25) is 0 Å². The zero-order valence-electron chi connectivity index (χ0n) is 19.2. The van der Waals surface area contributed by atoms with Crippen molar-refractivity contribution in [3.05, 3.63) is 90.0 Å². The van der Waals surface area contributed by atoms with Crippen molar-refractivity contribution >= 4 is 27.6 Å². The minimum Gasteiger partial charge on any atom is -0.475 e. The smallest absolute Gasteiger partial charge is 0.348 e. The second kappa shape index (κ2) is 10.7. The molecule has 9 heteroatoms. The Balaban J connectivity index is 1.39. The van der Waals surface area contributed by atoms with Crippen LogP contribution >= 0.6 is 0 Å². The fourth-order valence-electron chi connectivity index (χ4n) is 3.80. The van der Waals surface area contributed by atoms with Gasteiger partial charge < -0.3 is 14.4 Å². The summed E-state index contributed by atoms with van der Waals surface area (Å²) in [5.41, 5.74) is 2.29. The Bertz CT molecular complexity index is 1290. The lowest BCUT2D eigenvalue weighted by Crippen LogP contribution is -2.47. The van der Waals surface area contributed by atoms with E-state index in [4.69, 9.17) is 9.47 Å². The van der Waals surface area contributed by atoms with Crippen molar-refractivity contribution in [3.8, 4) is 5.75 Å². The lowest BCUT2D eigenvalue weighted by atomic mass is 10.1. The molecule has 0 radical (unpaired) electrons. The molecule has 8 nitrogen and oxygen atoms in total. The Morgan fingerprint density at radius 3 is 2.37 bits per heavy atom. The molecule has 0 saturated heterocycles. The van der Waals surface area contributed by atoms with E-state index in [1.54, 1.807) is 36.4 Å². The number of rotatable bonds is 8. The molecule has 0 fully saturated rings. The number of benzene rings is 3. The molecule has 0 spiro atoms. The Morgan fingerprint density at radius 2 is 1.66 bits per heavy atom. The van der Waals surface area contributed by atoms with Gasteiger partial charge in [-0.25, -0.2) is 17.9 Å². The molecule has 35 heavy (non-hydrogen) atoms. The van der Waals surface area contributed by atoms with Crippen LogP contribution in [0.4, 0.5) is 5.69 Å². The standard InChI is InChI=1S/C26H26N2O6S/c1-33-26(30)24-18-28(22-9-5-6-10-23(22)34-24)25(29)16-13-19-11-14-21(15-12-19)35(31,32)27-17-20-7-3-2-4-8-20/h2-12,14-15,24,27H,13,16-18H2,1H3. The van der Waals surface area contributed by atoms with E-state index in [2.05, 4.69) is 4.72 Å². The number of carbonyl (C=O) groups is 2. The van der Waals surface area contributed by atoms with E-state index in [0.717, 1.165) is 11.1 Å². The number of nitrogens with zero attached hydrogens (tertiary/aromatic N) is 1. The third kappa shape index (κ3) is 5.87. The molecule has 182 valence electrons. The van der Waals surface area contributed by atoms with Gasteiger partial charge in [0, 0.05) is 13.0 Å². The van der Waals surface area contributed by atoms with Crippen LogP contribution in [0.5, 0.6) is 5.75 Å². The highest BCUT2D eigenvalue weighted by molar-refractivity contribution is 7.89. The largest absolute Gasteiger partial charge is 0.475 e. The van der Waals surface area contributed by atoms with Crippen LogP contribution in [0.25, 0.3) is 0 Å². The van der Waals surface area contributed by atoms with Gasteiger partial charge in [0.05, 0.1) is 24.2 Å².